The maximum atomic E-state index is 2.67. The standard InChI is InChI=1S/C27H51N/c1-7-9-12-22(8-2)26-21(4)27(26)18-17-25(28(5)6)14-11-10-13-24(27)19-23-16-15-20(23)3/h20-26H,7-19H2,1-6H3. The first kappa shape index (κ1) is 22.6. The molecule has 1 heteroatoms. The van der Waals surface area contributed by atoms with Gasteiger partial charge in [0.2, 0.25) is 0 Å². The average Bonchev–Trinajstić information content (AvgIpc) is 3.23. The molecule has 0 heterocycles. The van der Waals surface area contributed by atoms with Gasteiger partial charge in [-0.25, -0.2) is 0 Å². The maximum absolute atomic E-state index is 2.67. The average molecular weight is 390 g/mol. The molecule has 0 radical (unpaired) electrons. The van der Waals surface area contributed by atoms with Crippen LogP contribution >= 0.6 is 0 Å². The second-order valence-electron chi connectivity index (χ2n) is 11.4. The maximum Gasteiger partial charge on any atom is 0.00893 e. The predicted octanol–water partition coefficient (Wildman–Crippen LogP) is 7.79. The number of nitrogens with zero attached hydrogens (tertiary/aromatic N) is 1. The zero-order valence-corrected chi connectivity index (χ0v) is 20.2. The molecule has 8 unspecified atom stereocenters. The van der Waals surface area contributed by atoms with E-state index in [1.807, 2.05) is 0 Å². The molecule has 0 N–H and O–H groups in total. The van der Waals surface area contributed by atoms with Gasteiger partial charge in [-0.2, -0.15) is 0 Å². The molecular weight excluding hydrogens is 338 g/mol. The van der Waals surface area contributed by atoms with Crippen molar-refractivity contribution in [3.8, 4) is 0 Å². The van der Waals surface area contributed by atoms with Gasteiger partial charge in [0.1, 0.15) is 0 Å². The Bertz CT molecular complexity index is 471. The third kappa shape index (κ3) is 4.50. The molecule has 164 valence electrons. The van der Waals surface area contributed by atoms with Gasteiger partial charge in [-0.1, -0.05) is 72.6 Å². The molecule has 3 aliphatic rings. The minimum absolute atomic E-state index is 0.697. The highest BCUT2D eigenvalue weighted by molar-refractivity contribution is 5.14. The summed E-state index contributed by atoms with van der Waals surface area (Å²) in [6.07, 6.45) is 19.2. The summed E-state index contributed by atoms with van der Waals surface area (Å²) in [4.78, 5) is 2.54. The molecule has 1 spiro atoms. The van der Waals surface area contributed by atoms with Crippen molar-refractivity contribution in [1.29, 1.82) is 0 Å². The smallest absolute Gasteiger partial charge is 0.00893 e. The summed E-state index contributed by atoms with van der Waals surface area (Å²) < 4.78 is 0. The minimum Gasteiger partial charge on any atom is -0.306 e. The van der Waals surface area contributed by atoms with Crippen molar-refractivity contribution in [1.82, 2.24) is 4.90 Å². The first-order valence-corrected chi connectivity index (χ1v) is 13.1. The van der Waals surface area contributed by atoms with E-state index in [4.69, 9.17) is 0 Å². The van der Waals surface area contributed by atoms with E-state index < -0.39 is 0 Å². The van der Waals surface area contributed by atoms with E-state index in [-0.39, 0.29) is 0 Å². The van der Waals surface area contributed by atoms with Gasteiger partial charge < -0.3 is 4.90 Å². The van der Waals surface area contributed by atoms with Crippen molar-refractivity contribution >= 4 is 0 Å². The Balaban J connectivity index is 1.81. The van der Waals surface area contributed by atoms with Crippen molar-refractivity contribution in [3.05, 3.63) is 0 Å². The molecule has 3 fully saturated rings. The van der Waals surface area contributed by atoms with Crippen molar-refractivity contribution in [2.24, 2.45) is 40.9 Å². The molecule has 0 saturated heterocycles. The molecule has 0 aliphatic heterocycles. The third-order valence-corrected chi connectivity index (χ3v) is 9.98. The zero-order chi connectivity index (χ0) is 20.3. The third-order valence-electron chi connectivity index (χ3n) is 9.98. The molecule has 0 amide bonds. The Kier molecular flexibility index (Phi) is 7.96. The molecule has 3 aliphatic carbocycles. The van der Waals surface area contributed by atoms with Crippen LogP contribution in [0.2, 0.25) is 0 Å². The Labute approximate surface area is 177 Å². The monoisotopic (exact) mass is 389 g/mol. The summed E-state index contributed by atoms with van der Waals surface area (Å²) in [7, 11) is 4.65. The van der Waals surface area contributed by atoms with E-state index in [9.17, 15) is 0 Å². The second-order valence-corrected chi connectivity index (χ2v) is 11.4. The first-order chi connectivity index (χ1) is 13.5. The van der Waals surface area contributed by atoms with Gasteiger partial charge in [-0.05, 0) is 93.5 Å². The van der Waals surface area contributed by atoms with Gasteiger partial charge in [-0.3, -0.25) is 0 Å². The van der Waals surface area contributed by atoms with E-state index in [1.165, 1.54) is 77.0 Å². The molecule has 0 aromatic rings. The minimum atomic E-state index is 0.697. The quantitative estimate of drug-likeness (QED) is 0.409. The highest BCUT2D eigenvalue weighted by Crippen LogP contribution is 2.72. The van der Waals surface area contributed by atoms with Crippen molar-refractivity contribution in [2.45, 2.75) is 117 Å². The lowest BCUT2D eigenvalue weighted by Gasteiger charge is -2.40. The topological polar surface area (TPSA) is 3.24 Å². The zero-order valence-electron chi connectivity index (χ0n) is 20.2. The van der Waals surface area contributed by atoms with Crippen LogP contribution in [-0.2, 0) is 0 Å². The summed E-state index contributed by atoms with van der Waals surface area (Å²) in [5.74, 6) is 6.10. The SMILES string of the molecule is CCCCC(CC)C1C(C)C12CCC(N(C)C)CCCCC2CC1CCC1C. The lowest BCUT2D eigenvalue weighted by molar-refractivity contribution is 0.0978. The molecule has 0 aromatic carbocycles. The fourth-order valence-corrected chi connectivity index (χ4v) is 7.79. The molecule has 8 atom stereocenters. The fraction of sp³-hybridized carbons (Fsp3) is 1.00. The first-order valence-electron chi connectivity index (χ1n) is 13.1. The normalized spacial score (nSPS) is 42.5. The Morgan fingerprint density at radius 2 is 1.71 bits per heavy atom. The summed E-state index contributed by atoms with van der Waals surface area (Å²) in [5, 5.41) is 0. The van der Waals surface area contributed by atoms with Crippen molar-refractivity contribution in [3.63, 3.8) is 0 Å². The molecular formula is C27H51N. The van der Waals surface area contributed by atoms with Crippen molar-refractivity contribution in [2.75, 3.05) is 14.1 Å². The predicted molar refractivity (Wildman–Crippen MR) is 124 cm³/mol. The van der Waals surface area contributed by atoms with E-state index in [2.05, 4.69) is 46.7 Å². The van der Waals surface area contributed by atoms with Crippen LogP contribution in [0.1, 0.15) is 111 Å². The molecule has 28 heavy (non-hydrogen) atoms. The molecule has 1 nitrogen and oxygen atoms in total. The summed E-state index contributed by atoms with van der Waals surface area (Å²) in [6.45, 7) is 10.1. The van der Waals surface area contributed by atoms with Gasteiger partial charge in [0.25, 0.3) is 0 Å². The van der Waals surface area contributed by atoms with E-state index >= 15 is 0 Å². The molecule has 3 saturated carbocycles. The van der Waals surface area contributed by atoms with E-state index in [1.54, 1.807) is 6.42 Å². The number of rotatable bonds is 8. The molecule has 0 aromatic heterocycles. The van der Waals surface area contributed by atoms with Gasteiger partial charge >= 0.3 is 0 Å². The van der Waals surface area contributed by atoms with Crippen LogP contribution < -0.4 is 0 Å². The van der Waals surface area contributed by atoms with Crippen LogP contribution in [0.25, 0.3) is 0 Å². The summed E-state index contributed by atoms with van der Waals surface area (Å²) in [5.41, 5.74) is 0.697. The Morgan fingerprint density at radius 3 is 2.29 bits per heavy atom. The number of hydrogen-bond acceptors (Lipinski definition) is 1. The van der Waals surface area contributed by atoms with Gasteiger partial charge in [-0.15, -0.1) is 0 Å². The van der Waals surface area contributed by atoms with Gasteiger partial charge in [0.05, 0.1) is 0 Å². The van der Waals surface area contributed by atoms with E-state index in [0.29, 0.717) is 5.41 Å². The van der Waals surface area contributed by atoms with Crippen molar-refractivity contribution < 1.29 is 0 Å². The van der Waals surface area contributed by atoms with E-state index in [0.717, 1.165) is 41.5 Å². The van der Waals surface area contributed by atoms with Crippen LogP contribution in [0.3, 0.4) is 0 Å². The Hall–Kier alpha value is -0.0400. The van der Waals surface area contributed by atoms with Gasteiger partial charge in [0, 0.05) is 6.04 Å². The largest absolute Gasteiger partial charge is 0.306 e. The molecule has 0 bridgehead atoms. The fourth-order valence-electron chi connectivity index (χ4n) is 7.79. The van der Waals surface area contributed by atoms with Crippen LogP contribution in [0.15, 0.2) is 0 Å². The molecule has 3 rings (SSSR count). The van der Waals surface area contributed by atoms with Crippen LogP contribution in [0, 0.1) is 40.9 Å². The number of hydrogen-bond donors (Lipinski definition) is 0. The highest BCUT2D eigenvalue weighted by Gasteiger charge is 2.66. The lowest BCUT2D eigenvalue weighted by atomic mass is 9.65. The number of unbranched alkanes of at least 4 members (excludes halogenated alkanes) is 1. The summed E-state index contributed by atoms with van der Waals surface area (Å²) in [6, 6.07) is 0.822. The lowest BCUT2D eigenvalue weighted by Crippen LogP contribution is -2.32. The second kappa shape index (κ2) is 9.84. The summed E-state index contributed by atoms with van der Waals surface area (Å²) >= 11 is 0. The highest BCUT2D eigenvalue weighted by atomic mass is 15.1. The van der Waals surface area contributed by atoms with Crippen LogP contribution in [0.4, 0.5) is 0 Å². The Morgan fingerprint density at radius 1 is 0.964 bits per heavy atom. The van der Waals surface area contributed by atoms with Gasteiger partial charge in [0.15, 0.2) is 0 Å². The van der Waals surface area contributed by atoms with Crippen LogP contribution in [-0.4, -0.2) is 25.0 Å². The van der Waals surface area contributed by atoms with Crippen LogP contribution in [0.5, 0.6) is 0 Å².